The molecule has 6 nitrogen and oxygen atoms in total. The highest BCUT2D eigenvalue weighted by Gasteiger charge is 2.32. The lowest BCUT2D eigenvalue weighted by Crippen LogP contribution is -2.23. The third kappa shape index (κ3) is 2.03. The highest BCUT2D eigenvalue weighted by molar-refractivity contribution is 7.16. The van der Waals surface area contributed by atoms with Crippen LogP contribution >= 0.6 is 11.3 Å². The lowest BCUT2D eigenvalue weighted by molar-refractivity contribution is -0.142. The molecule has 100 valence electrons. The molecular weight excluding hydrogens is 264 g/mol. The fourth-order valence-corrected chi connectivity index (χ4v) is 3.44. The number of aryl methyl sites for hydroxylation is 1. The second-order valence-electron chi connectivity index (χ2n) is 4.60. The van der Waals surface area contributed by atoms with Gasteiger partial charge in [-0.15, -0.1) is 10.2 Å². The summed E-state index contributed by atoms with van der Waals surface area (Å²) in [6.45, 7) is 2.00. The zero-order valence-electron chi connectivity index (χ0n) is 10.5. The van der Waals surface area contributed by atoms with Crippen LogP contribution in [0, 0.1) is 5.92 Å². The van der Waals surface area contributed by atoms with Crippen molar-refractivity contribution in [2.75, 3.05) is 0 Å². The third-order valence-electron chi connectivity index (χ3n) is 3.45. The Kier molecular flexibility index (Phi) is 3.06. The van der Waals surface area contributed by atoms with Gasteiger partial charge in [-0.2, -0.15) is 9.61 Å². The molecule has 2 atom stereocenters. The first-order valence-corrected chi connectivity index (χ1v) is 7.11. The lowest BCUT2D eigenvalue weighted by atomic mass is 9.83. The van der Waals surface area contributed by atoms with Crippen LogP contribution < -0.4 is 0 Å². The number of carbonyl (C=O) groups is 1. The maximum atomic E-state index is 11.3. The molecule has 2 aromatic heterocycles. The number of hydrogen-bond acceptors (Lipinski definition) is 5. The number of hydrogen-bond donors (Lipinski definition) is 1. The smallest absolute Gasteiger partial charge is 0.307 e. The Hall–Kier alpha value is -1.76. The molecule has 19 heavy (non-hydrogen) atoms. The van der Waals surface area contributed by atoms with E-state index in [-0.39, 0.29) is 11.8 Å². The summed E-state index contributed by atoms with van der Waals surface area (Å²) in [6, 6.07) is 0. The quantitative estimate of drug-likeness (QED) is 0.867. The van der Waals surface area contributed by atoms with Gasteiger partial charge in [-0.1, -0.05) is 30.4 Å². The summed E-state index contributed by atoms with van der Waals surface area (Å²) in [5.41, 5.74) is 0. The minimum Gasteiger partial charge on any atom is -0.481 e. The van der Waals surface area contributed by atoms with E-state index in [1.54, 1.807) is 4.52 Å². The first-order valence-electron chi connectivity index (χ1n) is 6.29. The molecule has 0 radical (unpaired) electrons. The molecule has 0 saturated carbocycles. The molecular formula is C12H14N4O2S. The molecule has 1 aliphatic rings. The zero-order chi connectivity index (χ0) is 13.4. The summed E-state index contributed by atoms with van der Waals surface area (Å²) >= 11 is 1.44. The monoisotopic (exact) mass is 278 g/mol. The molecule has 3 rings (SSSR count). The highest BCUT2D eigenvalue weighted by Crippen LogP contribution is 2.36. The molecule has 0 aromatic carbocycles. The Morgan fingerprint density at radius 3 is 3.00 bits per heavy atom. The Morgan fingerprint density at radius 1 is 1.47 bits per heavy atom. The second kappa shape index (κ2) is 4.73. The molecule has 0 aliphatic heterocycles. The van der Waals surface area contributed by atoms with Crippen molar-refractivity contribution in [3.8, 4) is 0 Å². The van der Waals surface area contributed by atoms with Gasteiger partial charge in [-0.05, 0) is 12.8 Å². The van der Waals surface area contributed by atoms with Gasteiger partial charge in [0.05, 0.1) is 5.92 Å². The van der Waals surface area contributed by atoms with E-state index in [0.29, 0.717) is 6.42 Å². The summed E-state index contributed by atoms with van der Waals surface area (Å²) in [5.74, 6) is -0.385. The maximum absolute atomic E-state index is 11.3. The number of fused-ring (bicyclic) bond motifs is 1. The van der Waals surface area contributed by atoms with Crippen molar-refractivity contribution in [3.05, 3.63) is 23.0 Å². The van der Waals surface area contributed by atoms with Crippen molar-refractivity contribution in [1.29, 1.82) is 0 Å². The Labute approximate surface area is 113 Å². The zero-order valence-corrected chi connectivity index (χ0v) is 11.3. The van der Waals surface area contributed by atoms with Crippen molar-refractivity contribution < 1.29 is 9.90 Å². The molecule has 0 amide bonds. The Balaban J connectivity index is 2.00. The normalized spacial score (nSPS) is 23.0. The van der Waals surface area contributed by atoms with E-state index in [2.05, 4.69) is 15.3 Å². The van der Waals surface area contributed by atoms with Crippen LogP contribution in [0.15, 0.2) is 12.2 Å². The first kappa shape index (κ1) is 12.3. The van der Waals surface area contributed by atoms with Gasteiger partial charge in [0.25, 0.3) is 0 Å². The van der Waals surface area contributed by atoms with Gasteiger partial charge in [0, 0.05) is 12.3 Å². The number of carboxylic acids is 1. The van der Waals surface area contributed by atoms with Crippen LogP contribution in [0.25, 0.3) is 4.96 Å². The lowest BCUT2D eigenvalue weighted by Gasteiger charge is -2.22. The Bertz CT molecular complexity index is 645. The fourth-order valence-electron chi connectivity index (χ4n) is 2.40. The molecule has 2 unspecified atom stereocenters. The van der Waals surface area contributed by atoms with E-state index in [0.717, 1.165) is 28.6 Å². The summed E-state index contributed by atoms with van der Waals surface area (Å²) in [5, 5.41) is 22.8. The summed E-state index contributed by atoms with van der Waals surface area (Å²) in [7, 11) is 0. The van der Waals surface area contributed by atoms with Crippen LogP contribution in [-0.4, -0.2) is 30.9 Å². The number of nitrogens with zero attached hydrogens (tertiary/aromatic N) is 4. The predicted molar refractivity (Wildman–Crippen MR) is 70.3 cm³/mol. The summed E-state index contributed by atoms with van der Waals surface area (Å²) in [6.07, 6.45) is 6.03. The summed E-state index contributed by atoms with van der Waals surface area (Å²) < 4.78 is 1.73. The van der Waals surface area contributed by atoms with Crippen LogP contribution in [0.4, 0.5) is 0 Å². The van der Waals surface area contributed by atoms with E-state index < -0.39 is 5.97 Å². The third-order valence-corrected chi connectivity index (χ3v) is 4.48. The molecule has 2 heterocycles. The molecule has 2 aromatic rings. The molecule has 0 saturated heterocycles. The summed E-state index contributed by atoms with van der Waals surface area (Å²) in [4.78, 5) is 12.1. The minimum atomic E-state index is -0.754. The molecule has 1 N–H and O–H groups in total. The van der Waals surface area contributed by atoms with E-state index >= 15 is 0 Å². The van der Waals surface area contributed by atoms with Crippen molar-refractivity contribution >= 4 is 22.3 Å². The van der Waals surface area contributed by atoms with Crippen LogP contribution in [0.3, 0.4) is 0 Å². The van der Waals surface area contributed by atoms with Gasteiger partial charge in [0.15, 0.2) is 5.82 Å². The van der Waals surface area contributed by atoms with E-state index in [1.807, 2.05) is 19.1 Å². The van der Waals surface area contributed by atoms with E-state index in [4.69, 9.17) is 0 Å². The van der Waals surface area contributed by atoms with Gasteiger partial charge < -0.3 is 5.11 Å². The van der Waals surface area contributed by atoms with Crippen LogP contribution in [0.2, 0.25) is 0 Å². The highest BCUT2D eigenvalue weighted by atomic mass is 32.1. The number of aliphatic carboxylic acids is 1. The van der Waals surface area contributed by atoms with Crippen molar-refractivity contribution in [3.63, 3.8) is 0 Å². The van der Waals surface area contributed by atoms with Crippen LogP contribution in [-0.2, 0) is 11.2 Å². The maximum Gasteiger partial charge on any atom is 0.307 e. The van der Waals surface area contributed by atoms with Gasteiger partial charge in [0.1, 0.15) is 5.01 Å². The molecule has 0 bridgehead atoms. The van der Waals surface area contributed by atoms with E-state index in [9.17, 15) is 9.90 Å². The second-order valence-corrected chi connectivity index (χ2v) is 5.59. The minimum absolute atomic E-state index is 0.0566. The number of carboxylic acid groups (broad SMARTS) is 1. The van der Waals surface area contributed by atoms with E-state index in [1.165, 1.54) is 11.3 Å². The fraction of sp³-hybridized carbons (Fsp3) is 0.500. The molecule has 0 fully saturated rings. The average Bonchev–Trinajstić information content (AvgIpc) is 2.98. The SMILES string of the molecule is CCc1nnc2sc(C3CC=CCC3C(=O)O)nn12. The van der Waals surface area contributed by atoms with Gasteiger partial charge >= 0.3 is 5.97 Å². The number of allylic oxidation sites excluding steroid dienone is 2. The van der Waals surface area contributed by atoms with Gasteiger partial charge in [-0.3, -0.25) is 4.79 Å². The first-order chi connectivity index (χ1) is 9.20. The molecule has 1 aliphatic carbocycles. The Morgan fingerprint density at radius 2 is 2.26 bits per heavy atom. The van der Waals surface area contributed by atoms with Crippen LogP contribution in [0.5, 0.6) is 0 Å². The standard InChI is InChI=1S/C12H14N4O2S/c1-2-9-13-14-12-16(9)15-10(19-12)7-5-3-4-6-8(7)11(17)18/h3-4,7-8H,2,5-6H2,1H3,(H,17,18). The molecule has 7 heteroatoms. The topological polar surface area (TPSA) is 80.4 Å². The van der Waals surface area contributed by atoms with Gasteiger partial charge in [0.2, 0.25) is 4.96 Å². The largest absolute Gasteiger partial charge is 0.481 e. The number of aromatic nitrogens is 4. The van der Waals surface area contributed by atoms with Crippen molar-refractivity contribution in [1.82, 2.24) is 19.8 Å². The van der Waals surface area contributed by atoms with Crippen molar-refractivity contribution in [2.24, 2.45) is 5.92 Å². The predicted octanol–water partition coefficient (Wildman–Crippen LogP) is 1.88. The van der Waals surface area contributed by atoms with Crippen molar-refractivity contribution in [2.45, 2.75) is 32.1 Å². The average molecular weight is 278 g/mol. The van der Waals surface area contributed by atoms with Crippen LogP contribution in [0.1, 0.15) is 36.5 Å². The number of rotatable bonds is 3. The van der Waals surface area contributed by atoms with Gasteiger partial charge in [-0.25, -0.2) is 0 Å². The molecule has 0 spiro atoms.